The highest BCUT2D eigenvalue weighted by molar-refractivity contribution is 7.99. The molecule has 0 bridgehead atoms. The Morgan fingerprint density at radius 2 is 2.00 bits per heavy atom. The Labute approximate surface area is 202 Å². The van der Waals surface area contributed by atoms with Gasteiger partial charge in [-0.25, -0.2) is 0 Å². The molecule has 180 valence electrons. The number of nitrogens with one attached hydrogen (secondary N) is 2. The van der Waals surface area contributed by atoms with Gasteiger partial charge in [-0.3, -0.25) is 9.69 Å². The van der Waals surface area contributed by atoms with Crippen LogP contribution in [0.15, 0.2) is 41.3 Å². The normalized spacial score (nSPS) is 16.8. The predicted octanol–water partition coefficient (Wildman–Crippen LogP) is 5.44. The van der Waals surface area contributed by atoms with Crippen LogP contribution in [-0.4, -0.2) is 43.2 Å². The summed E-state index contributed by atoms with van der Waals surface area (Å²) in [7, 11) is 1.88. The van der Waals surface area contributed by atoms with Crippen molar-refractivity contribution in [2.24, 2.45) is 5.92 Å². The van der Waals surface area contributed by atoms with E-state index in [4.69, 9.17) is 11.6 Å². The average Bonchev–Trinajstić information content (AvgIpc) is 3.20. The summed E-state index contributed by atoms with van der Waals surface area (Å²) < 4.78 is 41.5. The minimum Gasteiger partial charge on any atom is -0.348 e. The summed E-state index contributed by atoms with van der Waals surface area (Å²) in [6, 6.07) is 9.29. The Balaban J connectivity index is 1.73. The average molecular weight is 500 g/mol. The molecular weight excluding hydrogens is 471 g/mol. The second kappa shape index (κ2) is 11.6. The fourth-order valence-corrected chi connectivity index (χ4v) is 5.12. The van der Waals surface area contributed by atoms with E-state index >= 15 is 0 Å². The van der Waals surface area contributed by atoms with E-state index in [-0.39, 0.29) is 24.2 Å². The van der Waals surface area contributed by atoms with Gasteiger partial charge in [0.1, 0.15) is 0 Å². The molecular formula is C24H29ClF3N3OS. The number of rotatable bonds is 9. The summed E-state index contributed by atoms with van der Waals surface area (Å²) in [5, 5.41) is 6.41. The Bertz CT molecular complexity index is 970. The Kier molecular flexibility index (Phi) is 9.09. The molecule has 1 atom stereocenters. The number of carbonyl (C=O) groups is 1. The van der Waals surface area contributed by atoms with Crippen molar-refractivity contribution in [2.75, 3.05) is 32.4 Å². The molecule has 3 rings (SSSR count). The monoisotopic (exact) mass is 499 g/mol. The third-order valence-corrected chi connectivity index (χ3v) is 6.93. The molecule has 0 aliphatic carbocycles. The molecule has 9 heteroatoms. The first-order chi connectivity index (χ1) is 15.7. The van der Waals surface area contributed by atoms with Crippen LogP contribution in [0.1, 0.15) is 40.4 Å². The second-order valence-electron chi connectivity index (χ2n) is 8.18. The number of halogens is 4. The zero-order valence-electron chi connectivity index (χ0n) is 18.8. The van der Waals surface area contributed by atoms with E-state index in [0.29, 0.717) is 10.9 Å². The van der Waals surface area contributed by atoms with Gasteiger partial charge in [-0.05, 0) is 79.7 Å². The third kappa shape index (κ3) is 7.12. The van der Waals surface area contributed by atoms with E-state index in [9.17, 15) is 18.0 Å². The molecule has 0 spiro atoms. The minimum atomic E-state index is -4.53. The molecule has 2 N–H and O–H groups in total. The van der Waals surface area contributed by atoms with Gasteiger partial charge in [-0.2, -0.15) is 13.2 Å². The van der Waals surface area contributed by atoms with E-state index in [1.165, 1.54) is 12.1 Å². The zero-order valence-corrected chi connectivity index (χ0v) is 20.3. The molecule has 1 aliphatic heterocycles. The molecule has 0 radical (unpaired) electrons. The maximum atomic E-state index is 13.8. The topological polar surface area (TPSA) is 44.4 Å². The largest absolute Gasteiger partial charge is 0.416 e. The van der Waals surface area contributed by atoms with Crippen LogP contribution >= 0.6 is 23.4 Å². The van der Waals surface area contributed by atoms with Gasteiger partial charge in [-0.15, -0.1) is 11.8 Å². The maximum Gasteiger partial charge on any atom is 0.416 e. The third-order valence-electron chi connectivity index (χ3n) is 5.70. The summed E-state index contributed by atoms with van der Waals surface area (Å²) in [4.78, 5) is 15.7. The standard InChI is InChI=1S/C24H29ClF3N3OS/c1-3-33-22-7-6-20(25)10-19(22)13-30-23(32)17-4-5-18(21(11-17)24(26,27)28)15-31-9-8-16(14-31)12-29-2/h4-7,10-11,16,29H,3,8-9,12-15H2,1-2H3,(H,30,32). The molecule has 1 amide bonds. The number of thioether (sulfide) groups is 1. The highest BCUT2D eigenvalue weighted by atomic mass is 35.5. The van der Waals surface area contributed by atoms with Gasteiger partial charge in [0.05, 0.1) is 5.56 Å². The first-order valence-electron chi connectivity index (χ1n) is 11.0. The van der Waals surface area contributed by atoms with Gasteiger partial charge in [0, 0.05) is 35.1 Å². The van der Waals surface area contributed by atoms with Crippen LogP contribution in [-0.2, 0) is 19.3 Å². The lowest BCUT2D eigenvalue weighted by Crippen LogP contribution is -2.26. The molecule has 2 aromatic carbocycles. The highest BCUT2D eigenvalue weighted by Gasteiger charge is 2.35. The number of likely N-dealkylation sites (tertiary alicyclic amines) is 1. The molecule has 2 aromatic rings. The first-order valence-corrected chi connectivity index (χ1v) is 12.3. The fraction of sp³-hybridized carbons (Fsp3) is 0.458. The Morgan fingerprint density at radius 1 is 1.21 bits per heavy atom. The van der Waals surface area contributed by atoms with Crippen molar-refractivity contribution in [3.05, 3.63) is 63.7 Å². The van der Waals surface area contributed by atoms with Crippen molar-refractivity contribution >= 4 is 29.3 Å². The SMILES string of the molecule is CCSc1ccc(Cl)cc1CNC(=O)c1ccc(CN2CCC(CNC)C2)c(C(F)(F)F)c1. The molecule has 1 heterocycles. The highest BCUT2D eigenvalue weighted by Crippen LogP contribution is 2.34. The van der Waals surface area contributed by atoms with Crippen LogP contribution in [0.2, 0.25) is 5.02 Å². The molecule has 0 saturated carbocycles. The number of nitrogens with zero attached hydrogens (tertiary/aromatic N) is 1. The Hall–Kier alpha value is -1.74. The molecule has 4 nitrogen and oxygen atoms in total. The van der Waals surface area contributed by atoms with E-state index in [0.717, 1.165) is 48.3 Å². The van der Waals surface area contributed by atoms with Crippen LogP contribution in [0.4, 0.5) is 13.2 Å². The van der Waals surface area contributed by atoms with Crippen LogP contribution in [0, 0.1) is 5.92 Å². The second-order valence-corrected chi connectivity index (χ2v) is 9.93. The number of amides is 1. The minimum absolute atomic E-state index is 0.00715. The summed E-state index contributed by atoms with van der Waals surface area (Å²) in [5.41, 5.74) is 0.269. The number of hydrogen-bond donors (Lipinski definition) is 2. The molecule has 1 saturated heterocycles. The van der Waals surface area contributed by atoms with Gasteiger partial charge in [0.25, 0.3) is 5.91 Å². The van der Waals surface area contributed by atoms with Crippen LogP contribution in [0.5, 0.6) is 0 Å². The zero-order chi connectivity index (χ0) is 24.0. The van der Waals surface area contributed by atoms with Gasteiger partial charge in [0.2, 0.25) is 0 Å². The number of benzene rings is 2. The van der Waals surface area contributed by atoms with Crippen LogP contribution in [0.25, 0.3) is 0 Å². The van der Waals surface area contributed by atoms with Crippen molar-refractivity contribution in [3.8, 4) is 0 Å². The fourth-order valence-electron chi connectivity index (χ4n) is 4.13. The van der Waals surface area contributed by atoms with Crippen molar-refractivity contribution in [3.63, 3.8) is 0 Å². The lowest BCUT2D eigenvalue weighted by molar-refractivity contribution is -0.138. The molecule has 0 aromatic heterocycles. The lowest BCUT2D eigenvalue weighted by atomic mass is 10.0. The number of hydrogen-bond acceptors (Lipinski definition) is 4. The van der Waals surface area contributed by atoms with E-state index < -0.39 is 17.6 Å². The van der Waals surface area contributed by atoms with Crippen molar-refractivity contribution in [2.45, 2.75) is 37.5 Å². The summed E-state index contributed by atoms with van der Waals surface area (Å²) in [6.07, 6.45) is -3.57. The number of carbonyl (C=O) groups excluding carboxylic acids is 1. The molecule has 1 unspecified atom stereocenters. The van der Waals surface area contributed by atoms with E-state index in [1.807, 2.05) is 24.9 Å². The predicted molar refractivity (Wildman–Crippen MR) is 128 cm³/mol. The maximum absolute atomic E-state index is 13.8. The summed E-state index contributed by atoms with van der Waals surface area (Å²) in [6.45, 7) is 4.81. The molecule has 33 heavy (non-hydrogen) atoms. The van der Waals surface area contributed by atoms with E-state index in [2.05, 4.69) is 10.6 Å². The van der Waals surface area contributed by atoms with Gasteiger partial charge < -0.3 is 10.6 Å². The Morgan fingerprint density at radius 3 is 2.70 bits per heavy atom. The summed E-state index contributed by atoms with van der Waals surface area (Å²) in [5.74, 6) is 0.748. The van der Waals surface area contributed by atoms with Crippen LogP contribution < -0.4 is 10.6 Å². The lowest BCUT2D eigenvalue weighted by Gasteiger charge is -2.20. The number of alkyl halides is 3. The van der Waals surface area contributed by atoms with Gasteiger partial charge >= 0.3 is 6.18 Å². The smallest absolute Gasteiger partial charge is 0.348 e. The van der Waals surface area contributed by atoms with Crippen molar-refractivity contribution < 1.29 is 18.0 Å². The summed E-state index contributed by atoms with van der Waals surface area (Å²) >= 11 is 7.70. The van der Waals surface area contributed by atoms with Gasteiger partial charge in [0.15, 0.2) is 0 Å². The van der Waals surface area contributed by atoms with Crippen LogP contribution in [0.3, 0.4) is 0 Å². The quantitative estimate of drug-likeness (QED) is 0.451. The first kappa shape index (κ1) is 25.9. The van der Waals surface area contributed by atoms with Gasteiger partial charge in [-0.1, -0.05) is 24.6 Å². The van der Waals surface area contributed by atoms with Crippen molar-refractivity contribution in [1.82, 2.24) is 15.5 Å². The molecule has 1 fully saturated rings. The van der Waals surface area contributed by atoms with Crippen molar-refractivity contribution in [1.29, 1.82) is 0 Å². The molecule has 1 aliphatic rings. The van der Waals surface area contributed by atoms with E-state index in [1.54, 1.807) is 23.9 Å².